The van der Waals surface area contributed by atoms with Crippen LogP contribution < -0.4 is 4.74 Å². The molecule has 2 fully saturated rings. The first-order valence-electron chi connectivity index (χ1n) is 8.13. The lowest BCUT2D eigenvalue weighted by Gasteiger charge is -2.41. The fraction of sp³-hybridized carbons (Fsp3) is 0.647. The van der Waals surface area contributed by atoms with Crippen LogP contribution in [0.25, 0.3) is 0 Å². The molecule has 0 aliphatic carbocycles. The second kappa shape index (κ2) is 7.40. The van der Waals surface area contributed by atoms with Crippen LogP contribution in [0.3, 0.4) is 0 Å². The van der Waals surface area contributed by atoms with E-state index in [0.717, 1.165) is 51.5 Å². The summed E-state index contributed by atoms with van der Waals surface area (Å²) in [6.45, 7) is 6.77. The Labute approximate surface area is 131 Å². The van der Waals surface area contributed by atoms with Gasteiger partial charge >= 0.3 is 0 Å². The molecular formula is C17H25FN2O2. The fourth-order valence-electron chi connectivity index (χ4n) is 3.51. The number of hydrogen-bond donors (Lipinski definition) is 0. The third kappa shape index (κ3) is 3.77. The van der Waals surface area contributed by atoms with E-state index in [1.165, 1.54) is 25.0 Å². The summed E-state index contributed by atoms with van der Waals surface area (Å²) in [4.78, 5) is 5.01. The highest BCUT2D eigenvalue weighted by Crippen LogP contribution is 2.24. The fourth-order valence-corrected chi connectivity index (χ4v) is 3.51. The molecule has 5 heteroatoms. The smallest absolute Gasteiger partial charge is 0.126 e. The molecule has 2 heterocycles. The maximum Gasteiger partial charge on any atom is 0.126 e. The van der Waals surface area contributed by atoms with E-state index in [1.54, 1.807) is 7.11 Å². The number of nitrogens with zero attached hydrogens (tertiary/aromatic N) is 2. The van der Waals surface area contributed by atoms with Crippen molar-refractivity contribution < 1.29 is 13.9 Å². The molecule has 2 aliphatic heterocycles. The highest BCUT2D eigenvalue weighted by molar-refractivity contribution is 5.34. The summed E-state index contributed by atoms with van der Waals surface area (Å²) in [5, 5.41) is 0. The van der Waals surface area contributed by atoms with Gasteiger partial charge in [-0.3, -0.25) is 9.80 Å². The molecule has 2 aliphatic rings. The summed E-state index contributed by atoms with van der Waals surface area (Å²) in [6.07, 6.45) is 2.47. The lowest BCUT2D eigenvalue weighted by molar-refractivity contribution is -0.00364. The van der Waals surface area contributed by atoms with Crippen molar-refractivity contribution >= 4 is 0 Å². The Hall–Kier alpha value is -1.17. The average Bonchev–Trinajstić information content (AvgIpc) is 2.57. The predicted molar refractivity (Wildman–Crippen MR) is 83.6 cm³/mol. The minimum Gasteiger partial charge on any atom is -0.496 e. The highest BCUT2D eigenvalue weighted by atomic mass is 19.1. The van der Waals surface area contributed by atoms with E-state index in [-0.39, 0.29) is 5.82 Å². The number of hydrogen-bond acceptors (Lipinski definition) is 4. The van der Waals surface area contributed by atoms with Crippen molar-refractivity contribution in [1.29, 1.82) is 0 Å². The maximum atomic E-state index is 13.3. The first-order chi connectivity index (χ1) is 10.8. The predicted octanol–water partition coefficient (Wildman–Crippen LogP) is 2.13. The van der Waals surface area contributed by atoms with Gasteiger partial charge in [-0.15, -0.1) is 0 Å². The van der Waals surface area contributed by atoms with Crippen LogP contribution in [0.5, 0.6) is 5.75 Å². The van der Waals surface area contributed by atoms with E-state index in [4.69, 9.17) is 9.47 Å². The Morgan fingerprint density at radius 1 is 1.27 bits per heavy atom. The zero-order valence-electron chi connectivity index (χ0n) is 13.3. The number of rotatable bonds is 4. The van der Waals surface area contributed by atoms with Gasteiger partial charge in [0, 0.05) is 43.9 Å². The van der Waals surface area contributed by atoms with Crippen LogP contribution in [0.4, 0.5) is 4.39 Å². The number of halogens is 1. The molecule has 22 heavy (non-hydrogen) atoms. The van der Waals surface area contributed by atoms with Crippen LogP contribution in [-0.4, -0.2) is 62.3 Å². The van der Waals surface area contributed by atoms with Gasteiger partial charge in [0.2, 0.25) is 0 Å². The SMILES string of the molecule is COc1cc(F)ccc1CN1CCCC(N2CCOCC2)C1. The Balaban J connectivity index is 1.62. The molecule has 0 N–H and O–H groups in total. The van der Waals surface area contributed by atoms with Gasteiger partial charge in [-0.25, -0.2) is 4.39 Å². The molecule has 1 unspecified atom stereocenters. The van der Waals surface area contributed by atoms with Crippen LogP contribution in [-0.2, 0) is 11.3 Å². The van der Waals surface area contributed by atoms with Crippen molar-refractivity contribution in [3.63, 3.8) is 0 Å². The molecule has 0 bridgehead atoms. The van der Waals surface area contributed by atoms with Crippen molar-refractivity contribution in [3.8, 4) is 5.75 Å². The molecule has 122 valence electrons. The van der Waals surface area contributed by atoms with Gasteiger partial charge in [0.05, 0.1) is 20.3 Å². The number of likely N-dealkylation sites (tertiary alicyclic amines) is 1. The molecular weight excluding hydrogens is 283 g/mol. The third-order valence-electron chi connectivity index (χ3n) is 4.69. The molecule has 1 aromatic rings. The number of methoxy groups -OCH3 is 1. The van der Waals surface area contributed by atoms with Crippen molar-refractivity contribution in [2.75, 3.05) is 46.5 Å². The average molecular weight is 308 g/mol. The molecule has 0 amide bonds. The monoisotopic (exact) mass is 308 g/mol. The quantitative estimate of drug-likeness (QED) is 0.851. The Morgan fingerprint density at radius 2 is 2.09 bits per heavy atom. The second-order valence-electron chi connectivity index (χ2n) is 6.14. The zero-order valence-corrected chi connectivity index (χ0v) is 13.3. The molecule has 1 aromatic carbocycles. The van der Waals surface area contributed by atoms with Crippen molar-refractivity contribution in [1.82, 2.24) is 9.80 Å². The van der Waals surface area contributed by atoms with E-state index >= 15 is 0 Å². The lowest BCUT2D eigenvalue weighted by atomic mass is 10.0. The van der Waals surface area contributed by atoms with Crippen LogP contribution in [0, 0.1) is 5.82 Å². The third-order valence-corrected chi connectivity index (χ3v) is 4.69. The summed E-state index contributed by atoms with van der Waals surface area (Å²) >= 11 is 0. The number of ether oxygens (including phenoxy) is 2. The Bertz CT molecular complexity index is 492. The van der Waals surface area contributed by atoms with Crippen LogP contribution in [0.1, 0.15) is 18.4 Å². The Morgan fingerprint density at radius 3 is 2.86 bits per heavy atom. The van der Waals surface area contributed by atoms with Crippen molar-refractivity contribution in [2.45, 2.75) is 25.4 Å². The van der Waals surface area contributed by atoms with Crippen LogP contribution >= 0.6 is 0 Å². The lowest BCUT2D eigenvalue weighted by Crippen LogP contribution is -2.51. The molecule has 0 spiro atoms. The topological polar surface area (TPSA) is 24.9 Å². The summed E-state index contributed by atoms with van der Waals surface area (Å²) in [6, 6.07) is 5.44. The molecule has 3 rings (SSSR count). The molecule has 2 saturated heterocycles. The van der Waals surface area contributed by atoms with Gasteiger partial charge in [-0.2, -0.15) is 0 Å². The van der Waals surface area contributed by atoms with Gasteiger partial charge < -0.3 is 9.47 Å². The Kier molecular flexibility index (Phi) is 5.28. The molecule has 0 aromatic heterocycles. The molecule has 0 saturated carbocycles. The summed E-state index contributed by atoms with van der Waals surface area (Å²) in [5.74, 6) is 0.402. The standard InChI is InChI=1S/C17H25FN2O2/c1-21-17-11-15(18)5-4-14(17)12-19-6-2-3-16(13-19)20-7-9-22-10-8-20/h4-5,11,16H,2-3,6-10,12-13H2,1H3. The van der Waals surface area contributed by atoms with Gasteiger partial charge in [-0.1, -0.05) is 6.07 Å². The van der Waals surface area contributed by atoms with Crippen molar-refractivity contribution in [2.24, 2.45) is 0 Å². The summed E-state index contributed by atoms with van der Waals surface area (Å²) < 4.78 is 24.1. The molecule has 0 radical (unpaired) electrons. The van der Waals surface area contributed by atoms with E-state index in [0.29, 0.717) is 11.8 Å². The molecule has 4 nitrogen and oxygen atoms in total. The minimum atomic E-state index is -0.245. The number of benzene rings is 1. The van der Waals surface area contributed by atoms with Crippen molar-refractivity contribution in [3.05, 3.63) is 29.6 Å². The van der Waals surface area contributed by atoms with Crippen LogP contribution in [0.2, 0.25) is 0 Å². The van der Waals surface area contributed by atoms with Crippen LogP contribution in [0.15, 0.2) is 18.2 Å². The van der Waals surface area contributed by atoms with Gasteiger partial charge in [-0.05, 0) is 25.5 Å². The number of morpholine rings is 1. The van der Waals surface area contributed by atoms with E-state index < -0.39 is 0 Å². The largest absolute Gasteiger partial charge is 0.496 e. The molecule has 1 atom stereocenters. The van der Waals surface area contributed by atoms with E-state index in [2.05, 4.69) is 9.80 Å². The summed E-state index contributed by atoms with van der Waals surface area (Å²) in [7, 11) is 1.60. The zero-order chi connectivity index (χ0) is 15.4. The van der Waals surface area contributed by atoms with Gasteiger partial charge in [0.25, 0.3) is 0 Å². The minimum absolute atomic E-state index is 0.245. The van der Waals surface area contributed by atoms with E-state index in [9.17, 15) is 4.39 Å². The highest BCUT2D eigenvalue weighted by Gasteiger charge is 2.26. The van der Waals surface area contributed by atoms with Gasteiger partial charge in [0.1, 0.15) is 11.6 Å². The number of piperidine rings is 1. The summed E-state index contributed by atoms with van der Waals surface area (Å²) in [5.41, 5.74) is 1.06. The second-order valence-corrected chi connectivity index (χ2v) is 6.14. The first-order valence-corrected chi connectivity index (χ1v) is 8.13. The normalized spacial score (nSPS) is 24.4. The first kappa shape index (κ1) is 15.7. The van der Waals surface area contributed by atoms with Gasteiger partial charge in [0.15, 0.2) is 0 Å². The maximum absolute atomic E-state index is 13.3. The van der Waals surface area contributed by atoms with E-state index in [1.807, 2.05) is 6.07 Å².